The number of carbonyl (C=O) groups excluding carboxylic acids is 1. The number of hydrogen-bond acceptors (Lipinski definition) is 2. The molecule has 0 N–H and O–H groups in total. The van der Waals surface area contributed by atoms with Gasteiger partial charge in [-0.25, -0.2) is 0 Å². The molecule has 0 saturated heterocycles. The lowest BCUT2D eigenvalue weighted by atomic mass is 10.0. The second kappa shape index (κ2) is 4.65. The van der Waals surface area contributed by atoms with Gasteiger partial charge >= 0.3 is 0 Å². The average molecular weight is 248 g/mol. The molecule has 1 aromatic rings. The van der Waals surface area contributed by atoms with E-state index in [2.05, 4.69) is 0 Å². The Morgan fingerprint density at radius 2 is 2.00 bits per heavy atom. The minimum atomic E-state index is -0.932. The molecule has 0 amide bonds. The van der Waals surface area contributed by atoms with Gasteiger partial charge in [-0.1, -0.05) is 34.8 Å². The van der Waals surface area contributed by atoms with E-state index >= 15 is 0 Å². The van der Waals surface area contributed by atoms with Crippen LogP contribution in [0.15, 0.2) is 12.1 Å². The molecule has 2 nitrogen and oxygen atoms in total. The van der Waals surface area contributed by atoms with Crippen LogP contribution in [-0.2, 0) is 4.79 Å². The van der Waals surface area contributed by atoms with Crippen molar-refractivity contribution in [2.75, 3.05) is 0 Å². The average Bonchev–Trinajstić information content (AvgIpc) is 2.15. The predicted octanol–water partition coefficient (Wildman–Crippen LogP) is 3.45. The van der Waals surface area contributed by atoms with Gasteiger partial charge < -0.3 is 4.79 Å². The molecule has 5 heteroatoms. The molecule has 0 aliphatic rings. The maximum absolute atomic E-state index is 10.5. The highest BCUT2D eigenvalue weighted by Gasteiger charge is 2.16. The van der Waals surface area contributed by atoms with Crippen molar-refractivity contribution < 1.29 is 4.79 Å². The third-order valence-electron chi connectivity index (χ3n) is 1.63. The first kappa shape index (κ1) is 11.3. The van der Waals surface area contributed by atoms with Crippen LogP contribution >= 0.6 is 34.8 Å². The fraction of sp³-hybridized carbons (Fsp3) is 0.111. The van der Waals surface area contributed by atoms with Crippen molar-refractivity contribution in [3.8, 4) is 6.07 Å². The zero-order chi connectivity index (χ0) is 10.7. The number of halogens is 3. The Hall–Kier alpha value is -0.750. The number of carbonyl (C=O) groups is 1. The van der Waals surface area contributed by atoms with Gasteiger partial charge in [-0.3, -0.25) is 0 Å². The summed E-state index contributed by atoms with van der Waals surface area (Å²) in [6, 6.07) is 4.70. The van der Waals surface area contributed by atoms with Gasteiger partial charge in [-0.15, -0.1) is 0 Å². The van der Waals surface area contributed by atoms with E-state index in [0.717, 1.165) is 0 Å². The molecule has 0 fully saturated rings. The van der Waals surface area contributed by atoms with Crippen molar-refractivity contribution in [2.24, 2.45) is 0 Å². The van der Waals surface area contributed by atoms with Crippen molar-refractivity contribution in [1.29, 1.82) is 5.26 Å². The van der Waals surface area contributed by atoms with E-state index in [9.17, 15) is 4.79 Å². The van der Waals surface area contributed by atoms with Gasteiger partial charge in [0.2, 0.25) is 0 Å². The normalized spacial score (nSPS) is 11.9. The minimum Gasteiger partial charge on any atom is -0.302 e. The summed E-state index contributed by atoms with van der Waals surface area (Å²) in [7, 11) is 0. The highest BCUT2D eigenvalue weighted by molar-refractivity contribution is 6.43. The number of aldehydes is 1. The Kier molecular flexibility index (Phi) is 3.77. The summed E-state index contributed by atoms with van der Waals surface area (Å²) in [5.41, 5.74) is 0.335. The van der Waals surface area contributed by atoms with Crippen LogP contribution < -0.4 is 0 Å². The standard InChI is InChI=1S/C9H4Cl3NO/c10-6-1-7(5(3-13)4-14)9(12)8(11)2-6/h1-2,4-5H. The van der Waals surface area contributed by atoms with Crippen molar-refractivity contribution in [2.45, 2.75) is 5.92 Å². The summed E-state index contributed by atoms with van der Waals surface area (Å²) in [5, 5.41) is 9.43. The van der Waals surface area contributed by atoms with Crippen molar-refractivity contribution in [3.63, 3.8) is 0 Å². The maximum atomic E-state index is 10.5. The third-order valence-corrected chi connectivity index (χ3v) is 2.67. The second-order valence-corrected chi connectivity index (χ2v) is 3.76. The van der Waals surface area contributed by atoms with Crippen LogP contribution in [-0.4, -0.2) is 6.29 Å². The van der Waals surface area contributed by atoms with Crippen LogP contribution in [0.25, 0.3) is 0 Å². The highest BCUT2D eigenvalue weighted by atomic mass is 35.5. The van der Waals surface area contributed by atoms with E-state index in [-0.39, 0.29) is 10.0 Å². The molecule has 72 valence electrons. The Morgan fingerprint density at radius 1 is 1.36 bits per heavy atom. The molecule has 0 aliphatic carbocycles. The molecule has 0 aliphatic heterocycles. The van der Waals surface area contributed by atoms with Gasteiger partial charge in [0.15, 0.2) is 0 Å². The zero-order valence-electron chi connectivity index (χ0n) is 6.80. The van der Waals surface area contributed by atoms with Crippen LogP contribution in [0.3, 0.4) is 0 Å². The lowest BCUT2D eigenvalue weighted by molar-refractivity contribution is -0.108. The predicted molar refractivity (Wildman–Crippen MR) is 55.9 cm³/mol. The molecule has 14 heavy (non-hydrogen) atoms. The minimum absolute atomic E-state index is 0.190. The van der Waals surface area contributed by atoms with Crippen LogP contribution in [0.5, 0.6) is 0 Å². The number of nitrogens with zero attached hydrogens (tertiary/aromatic N) is 1. The molecule has 0 aromatic heterocycles. The van der Waals surface area contributed by atoms with Crippen molar-refractivity contribution >= 4 is 41.1 Å². The largest absolute Gasteiger partial charge is 0.302 e. The Labute approximate surface area is 96.0 Å². The van der Waals surface area contributed by atoms with Gasteiger partial charge in [0, 0.05) is 5.02 Å². The summed E-state index contributed by atoms with van der Waals surface area (Å²) < 4.78 is 0. The number of benzene rings is 1. The molecule has 1 aromatic carbocycles. The summed E-state index contributed by atoms with van der Waals surface area (Å²) in [6.45, 7) is 0. The monoisotopic (exact) mass is 247 g/mol. The fourth-order valence-corrected chi connectivity index (χ4v) is 1.71. The molecule has 0 radical (unpaired) electrons. The molecule has 0 saturated carbocycles. The highest BCUT2D eigenvalue weighted by Crippen LogP contribution is 2.33. The summed E-state index contributed by atoms with van der Waals surface area (Å²) in [6.07, 6.45) is 0.494. The molecular formula is C9H4Cl3NO. The number of hydrogen-bond donors (Lipinski definition) is 0. The lowest BCUT2D eigenvalue weighted by Gasteiger charge is -2.06. The molecule has 1 atom stereocenters. The van der Waals surface area contributed by atoms with Crippen molar-refractivity contribution in [3.05, 3.63) is 32.8 Å². The zero-order valence-corrected chi connectivity index (χ0v) is 9.07. The Bertz CT molecular complexity index is 411. The second-order valence-electron chi connectivity index (χ2n) is 2.53. The fourth-order valence-electron chi connectivity index (χ4n) is 0.975. The first-order valence-corrected chi connectivity index (χ1v) is 4.73. The van der Waals surface area contributed by atoms with E-state index in [1.54, 1.807) is 6.07 Å². The van der Waals surface area contributed by atoms with E-state index < -0.39 is 5.92 Å². The van der Waals surface area contributed by atoms with E-state index in [1.807, 2.05) is 0 Å². The maximum Gasteiger partial charge on any atom is 0.141 e. The van der Waals surface area contributed by atoms with Crippen LogP contribution in [0, 0.1) is 11.3 Å². The molecule has 1 rings (SSSR count). The van der Waals surface area contributed by atoms with Gasteiger partial charge in [0.25, 0.3) is 0 Å². The van der Waals surface area contributed by atoms with Crippen LogP contribution in [0.1, 0.15) is 11.5 Å². The molecule has 0 heterocycles. The third kappa shape index (κ3) is 2.19. The molecule has 1 unspecified atom stereocenters. The quantitative estimate of drug-likeness (QED) is 0.594. The van der Waals surface area contributed by atoms with E-state index in [4.69, 9.17) is 40.1 Å². The van der Waals surface area contributed by atoms with Gasteiger partial charge in [0.1, 0.15) is 12.2 Å². The topological polar surface area (TPSA) is 40.9 Å². The summed E-state index contributed by atoms with van der Waals surface area (Å²) >= 11 is 17.3. The van der Waals surface area contributed by atoms with Gasteiger partial charge in [-0.2, -0.15) is 5.26 Å². The van der Waals surface area contributed by atoms with E-state index in [0.29, 0.717) is 16.9 Å². The van der Waals surface area contributed by atoms with Gasteiger partial charge in [-0.05, 0) is 17.7 Å². The van der Waals surface area contributed by atoms with E-state index in [1.165, 1.54) is 12.1 Å². The Balaban J connectivity index is 3.34. The SMILES string of the molecule is N#CC(C=O)c1cc(Cl)cc(Cl)c1Cl. The molecule has 0 spiro atoms. The Morgan fingerprint density at radius 3 is 2.50 bits per heavy atom. The number of rotatable bonds is 2. The molecular weight excluding hydrogens is 244 g/mol. The first-order chi connectivity index (χ1) is 6.60. The van der Waals surface area contributed by atoms with Gasteiger partial charge in [0.05, 0.1) is 16.1 Å². The van der Waals surface area contributed by atoms with Crippen LogP contribution in [0.2, 0.25) is 15.1 Å². The van der Waals surface area contributed by atoms with Crippen LogP contribution in [0.4, 0.5) is 0 Å². The lowest BCUT2D eigenvalue weighted by Crippen LogP contribution is -1.98. The smallest absolute Gasteiger partial charge is 0.141 e. The first-order valence-electron chi connectivity index (χ1n) is 3.59. The molecule has 0 bridgehead atoms. The van der Waals surface area contributed by atoms with Crippen molar-refractivity contribution in [1.82, 2.24) is 0 Å². The number of nitriles is 1. The summed E-state index contributed by atoms with van der Waals surface area (Å²) in [4.78, 5) is 10.5. The summed E-state index contributed by atoms with van der Waals surface area (Å²) in [5.74, 6) is -0.932.